The normalized spacial score (nSPS) is 10.4. The van der Waals surface area contributed by atoms with E-state index in [2.05, 4.69) is 15.0 Å². The minimum absolute atomic E-state index is 0.0526. The molecule has 0 spiro atoms. The zero-order chi connectivity index (χ0) is 20.7. The van der Waals surface area contributed by atoms with Crippen molar-refractivity contribution in [3.05, 3.63) is 63.1 Å². The third kappa shape index (κ3) is 4.93. The molecule has 0 aliphatic rings. The number of halogens is 2. The molecule has 7 nitrogen and oxygen atoms in total. The smallest absolute Gasteiger partial charge is 0.358 e. The second-order valence-electron chi connectivity index (χ2n) is 5.85. The van der Waals surface area contributed by atoms with Gasteiger partial charge in [-0.2, -0.15) is 0 Å². The molecule has 0 unspecified atom stereocenters. The highest BCUT2D eigenvalue weighted by Gasteiger charge is 2.22. The first-order valence-electron chi connectivity index (χ1n) is 8.58. The summed E-state index contributed by atoms with van der Waals surface area (Å²) in [7, 11) is 1.15. The first kappa shape index (κ1) is 21.1. The number of ether oxygens (including phenoxy) is 2. The molecule has 2 rings (SSSR count). The number of carbonyl (C=O) groups is 2. The maximum atomic E-state index is 13.7. The van der Waals surface area contributed by atoms with Crippen molar-refractivity contribution in [1.29, 1.82) is 0 Å². The van der Waals surface area contributed by atoms with Crippen LogP contribution in [0, 0.1) is 11.6 Å². The van der Waals surface area contributed by atoms with Gasteiger partial charge in [0.1, 0.15) is 17.2 Å². The summed E-state index contributed by atoms with van der Waals surface area (Å²) >= 11 is 0. The van der Waals surface area contributed by atoms with Gasteiger partial charge in [-0.05, 0) is 12.5 Å². The van der Waals surface area contributed by atoms with Gasteiger partial charge in [0, 0.05) is 24.4 Å². The van der Waals surface area contributed by atoms with Crippen LogP contribution in [0.15, 0.2) is 29.2 Å². The number of amides is 1. The van der Waals surface area contributed by atoms with Crippen LogP contribution < -0.4 is 15.5 Å². The van der Waals surface area contributed by atoms with Crippen molar-refractivity contribution in [3.8, 4) is 5.75 Å². The van der Waals surface area contributed by atoms with Gasteiger partial charge in [0.15, 0.2) is 11.4 Å². The Morgan fingerprint density at radius 1 is 1.25 bits per heavy atom. The molecule has 0 bridgehead atoms. The number of aromatic amines is 1. The van der Waals surface area contributed by atoms with E-state index in [9.17, 15) is 23.2 Å². The van der Waals surface area contributed by atoms with Crippen LogP contribution in [-0.2, 0) is 11.3 Å². The van der Waals surface area contributed by atoms with Crippen LogP contribution in [0.1, 0.15) is 46.2 Å². The Morgan fingerprint density at radius 2 is 2.00 bits per heavy atom. The molecule has 1 heterocycles. The van der Waals surface area contributed by atoms with Crippen LogP contribution in [0.3, 0.4) is 0 Å². The Balaban J connectivity index is 2.26. The Hall–Kier alpha value is -3.23. The number of nitrogens with one attached hydrogen (secondary N) is 2. The number of aromatic nitrogens is 1. The maximum Gasteiger partial charge on any atom is 0.358 e. The molecule has 150 valence electrons. The molecule has 0 aliphatic heterocycles. The van der Waals surface area contributed by atoms with E-state index in [1.54, 1.807) is 0 Å². The van der Waals surface area contributed by atoms with E-state index in [0.29, 0.717) is 12.5 Å². The van der Waals surface area contributed by atoms with Crippen LogP contribution >= 0.6 is 0 Å². The third-order valence-corrected chi connectivity index (χ3v) is 3.87. The van der Waals surface area contributed by atoms with E-state index in [1.807, 2.05) is 6.92 Å². The van der Waals surface area contributed by atoms with E-state index in [4.69, 9.17) is 4.74 Å². The van der Waals surface area contributed by atoms with Gasteiger partial charge in [0.05, 0.1) is 13.7 Å². The maximum absolute atomic E-state index is 13.7. The summed E-state index contributed by atoms with van der Waals surface area (Å²) in [5.41, 5.74) is -1.27. The van der Waals surface area contributed by atoms with Gasteiger partial charge in [0.25, 0.3) is 5.91 Å². The van der Waals surface area contributed by atoms with Crippen LogP contribution in [-0.4, -0.2) is 30.6 Å². The Labute approximate surface area is 159 Å². The first-order valence-corrected chi connectivity index (χ1v) is 8.58. The zero-order valence-corrected chi connectivity index (χ0v) is 15.4. The minimum atomic E-state index is -0.821. The average molecular weight is 394 g/mol. The lowest BCUT2D eigenvalue weighted by Crippen LogP contribution is -2.30. The highest BCUT2D eigenvalue weighted by atomic mass is 19.1. The molecular weight excluding hydrogens is 374 g/mol. The standard InChI is InChI=1S/C19H20F2N2O5/c1-3-4-7-28-17-15(19(26)27-2)22-10-13(16(17)24)18(25)23-9-11-5-6-12(20)8-14(11)21/h5-6,8,10H,3-4,7,9H2,1-2H3,(H,22,24)(H,23,25). The summed E-state index contributed by atoms with van der Waals surface area (Å²) < 4.78 is 36.6. The molecule has 2 N–H and O–H groups in total. The van der Waals surface area contributed by atoms with Crippen molar-refractivity contribution in [1.82, 2.24) is 10.3 Å². The van der Waals surface area contributed by atoms with E-state index in [0.717, 1.165) is 25.8 Å². The summed E-state index contributed by atoms with van der Waals surface area (Å²) in [4.78, 5) is 39.4. The number of unbranched alkanes of at least 4 members (excludes halogenated alkanes) is 1. The summed E-state index contributed by atoms with van der Waals surface area (Å²) in [5.74, 6) is -3.50. The fourth-order valence-corrected chi connectivity index (χ4v) is 2.33. The quantitative estimate of drug-likeness (QED) is 0.530. The molecule has 0 saturated carbocycles. The number of esters is 1. The summed E-state index contributed by atoms with van der Waals surface area (Å²) in [6.45, 7) is 1.85. The van der Waals surface area contributed by atoms with Crippen LogP contribution in [0.2, 0.25) is 0 Å². The van der Waals surface area contributed by atoms with E-state index < -0.39 is 28.9 Å². The fraction of sp³-hybridized carbons (Fsp3) is 0.316. The van der Waals surface area contributed by atoms with Gasteiger partial charge >= 0.3 is 5.97 Å². The van der Waals surface area contributed by atoms with Crippen molar-refractivity contribution in [3.63, 3.8) is 0 Å². The zero-order valence-electron chi connectivity index (χ0n) is 15.4. The van der Waals surface area contributed by atoms with Crippen molar-refractivity contribution < 1.29 is 27.8 Å². The molecule has 0 radical (unpaired) electrons. The molecule has 0 fully saturated rings. The molecule has 28 heavy (non-hydrogen) atoms. The number of methoxy groups -OCH3 is 1. The second kappa shape index (κ2) is 9.63. The number of benzene rings is 1. The lowest BCUT2D eigenvalue weighted by molar-refractivity contribution is 0.0587. The highest BCUT2D eigenvalue weighted by molar-refractivity contribution is 5.96. The molecule has 9 heteroatoms. The van der Waals surface area contributed by atoms with Crippen molar-refractivity contribution in [2.24, 2.45) is 0 Å². The van der Waals surface area contributed by atoms with E-state index in [1.165, 1.54) is 6.07 Å². The molecule has 1 aromatic heterocycles. The molecule has 0 aliphatic carbocycles. The highest BCUT2D eigenvalue weighted by Crippen LogP contribution is 2.14. The number of carbonyl (C=O) groups excluding carboxylic acids is 2. The van der Waals surface area contributed by atoms with Gasteiger partial charge in [0.2, 0.25) is 5.43 Å². The number of pyridine rings is 1. The largest absolute Gasteiger partial charge is 0.487 e. The number of rotatable bonds is 8. The molecule has 0 atom stereocenters. The summed E-state index contributed by atoms with van der Waals surface area (Å²) in [6, 6.07) is 2.94. The predicted molar refractivity (Wildman–Crippen MR) is 96.3 cm³/mol. The third-order valence-electron chi connectivity index (χ3n) is 3.87. The Kier molecular flexibility index (Phi) is 7.25. The summed E-state index contributed by atoms with van der Waals surface area (Å²) in [5, 5.41) is 2.38. The lowest BCUT2D eigenvalue weighted by atomic mass is 10.1. The SMILES string of the molecule is CCCCOc1c(C(=O)OC)[nH]cc(C(=O)NCc2ccc(F)cc2F)c1=O. The number of H-pyrrole nitrogens is 1. The van der Waals surface area contributed by atoms with Crippen LogP contribution in [0.4, 0.5) is 8.78 Å². The van der Waals surface area contributed by atoms with Gasteiger partial charge in [-0.3, -0.25) is 9.59 Å². The number of hydrogen-bond donors (Lipinski definition) is 2. The topological polar surface area (TPSA) is 97.5 Å². The molecular formula is C19H20F2N2O5. The lowest BCUT2D eigenvalue weighted by Gasteiger charge is -2.11. The van der Waals surface area contributed by atoms with Gasteiger partial charge in [-0.25, -0.2) is 13.6 Å². The van der Waals surface area contributed by atoms with E-state index in [-0.39, 0.29) is 35.7 Å². The monoisotopic (exact) mass is 394 g/mol. The molecule has 1 amide bonds. The van der Waals surface area contributed by atoms with Crippen molar-refractivity contribution >= 4 is 11.9 Å². The number of hydrogen-bond acceptors (Lipinski definition) is 5. The Bertz CT molecular complexity index is 927. The fourth-order valence-electron chi connectivity index (χ4n) is 2.33. The molecule has 0 saturated heterocycles. The van der Waals surface area contributed by atoms with Gasteiger partial charge in [-0.15, -0.1) is 0 Å². The first-order chi connectivity index (χ1) is 13.4. The van der Waals surface area contributed by atoms with Crippen LogP contribution in [0.25, 0.3) is 0 Å². The molecule has 1 aromatic carbocycles. The minimum Gasteiger partial charge on any atom is -0.487 e. The van der Waals surface area contributed by atoms with Crippen LogP contribution in [0.5, 0.6) is 5.75 Å². The summed E-state index contributed by atoms with van der Waals surface area (Å²) in [6.07, 6.45) is 2.49. The Morgan fingerprint density at radius 3 is 2.64 bits per heavy atom. The molecule has 2 aromatic rings. The van der Waals surface area contributed by atoms with Gasteiger partial charge in [-0.1, -0.05) is 19.4 Å². The van der Waals surface area contributed by atoms with Crippen molar-refractivity contribution in [2.75, 3.05) is 13.7 Å². The average Bonchev–Trinajstić information content (AvgIpc) is 2.67. The predicted octanol–water partition coefficient (Wildman–Crippen LogP) is 2.55. The van der Waals surface area contributed by atoms with E-state index >= 15 is 0 Å². The van der Waals surface area contributed by atoms with Crippen molar-refractivity contribution in [2.45, 2.75) is 26.3 Å². The van der Waals surface area contributed by atoms with Gasteiger partial charge < -0.3 is 19.8 Å². The second-order valence-corrected chi connectivity index (χ2v) is 5.85.